The van der Waals surface area contributed by atoms with Gasteiger partial charge in [0.25, 0.3) is 0 Å². The normalized spacial score (nSPS) is 11.7. The molecular weight excluding hydrogens is 250 g/mol. The van der Waals surface area contributed by atoms with E-state index in [0.717, 1.165) is 0 Å². The van der Waals surface area contributed by atoms with E-state index in [1.54, 1.807) is 18.3 Å². The molecule has 0 spiro atoms. The standard InChI is InChI=1S/C12H17N3O2S/c1-8(10(13)18)7-15(2)11-9(12(16)17-3)5-4-6-14-11/h4-6,8H,7H2,1-3H3,(H2,13,18). The maximum absolute atomic E-state index is 11.6. The number of hydrogen-bond acceptors (Lipinski definition) is 5. The van der Waals surface area contributed by atoms with Crippen LogP contribution in [0, 0.1) is 5.92 Å². The van der Waals surface area contributed by atoms with Crippen LogP contribution in [0.3, 0.4) is 0 Å². The highest BCUT2D eigenvalue weighted by molar-refractivity contribution is 7.80. The zero-order valence-corrected chi connectivity index (χ0v) is 11.5. The summed E-state index contributed by atoms with van der Waals surface area (Å²) in [5, 5.41) is 0. The Kier molecular flexibility index (Phi) is 5.03. The van der Waals surface area contributed by atoms with Crippen molar-refractivity contribution in [1.29, 1.82) is 0 Å². The molecule has 0 aliphatic heterocycles. The van der Waals surface area contributed by atoms with E-state index < -0.39 is 5.97 Å². The van der Waals surface area contributed by atoms with Crippen LogP contribution in [0.4, 0.5) is 5.82 Å². The predicted octanol–water partition coefficient (Wildman–Crippen LogP) is 1.23. The van der Waals surface area contributed by atoms with Gasteiger partial charge in [-0.15, -0.1) is 0 Å². The molecule has 1 atom stereocenters. The highest BCUT2D eigenvalue weighted by Gasteiger charge is 2.17. The highest BCUT2D eigenvalue weighted by Crippen LogP contribution is 2.17. The third kappa shape index (κ3) is 3.40. The summed E-state index contributed by atoms with van der Waals surface area (Å²) in [5.74, 6) is 0.192. The van der Waals surface area contributed by atoms with Crippen LogP contribution in [-0.2, 0) is 4.74 Å². The molecule has 1 heterocycles. The van der Waals surface area contributed by atoms with Crippen LogP contribution in [0.25, 0.3) is 0 Å². The van der Waals surface area contributed by atoms with E-state index in [0.29, 0.717) is 22.9 Å². The second-order valence-corrected chi connectivity index (χ2v) is 4.52. The highest BCUT2D eigenvalue weighted by atomic mass is 32.1. The minimum atomic E-state index is -0.409. The Labute approximate surface area is 112 Å². The van der Waals surface area contributed by atoms with Crippen molar-refractivity contribution in [2.24, 2.45) is 11.7 Å². The molecule has 98 valence electrons. The summed E-state index contributed by atoms with van der Waals surface area (Å²) < 4.78 is 4.72. The number of anilines is 1. The van der Waals surface area contributed by atoms with Gasteiger partial charge in [0.2, 0.25) is 0 Å². The Morgan fingerprint density at radius 2 is 2.33 bits per heavy atom. The summed E-state index contributed by atoms with van der Waals surface area (Å²) in [6.45, 7) is 2.52. The van der Waals surface area contributed by atoms with Gasteiger partial charge >= 0.3 is 5.97 Å². The number of carbonyl (C=O) groups excluding carboxylic acids is 1. The van der Waals surface area contributed by atoms with Crippen molar-refractivity contribution < 1.29 is 9.53 Å². The molecule has 0 amide bonds. The maximum Gasteiger partial charge on any atom is 0.341 e. The Morgan fingerprint density at radius 3 is 2.89 bits per heavy atom. The molecule has 6 heteroatoms. The summed E-state index contributed by atoms with van der Waals surface area (Å²) in [4.78, 5) is 18.1. The van der Waals surface area contributed by atoms with Gasteiger partial charge in [-0.05, 0) is 12.1 Å². The largest absolute Gasteiger partial charge is 0.465 e. The van der Waals surface area contributed by atoms with Gasteiger partial charge in [-0.25, -0.2) is 9.78 Å². The molecule has 2 N–H and O–H groups in total. The van der Waals surface area contributed by atoms with Gasteiger partial charge in [-0.3, -0.25) is 0 Å². The lowest BCUT2D eigenvalue weighted by Crippen LogP contribution is -2.32. The number of nitrogens with zero attached hydrogens (tertiary/aromatic N) is 2. The van der Waals surface area contributed by atoms with Gasteiger partial charge in [0.05, 0.1) is 12.1 Å². The molecule has 0 fully saturated rings. The van der Waals surface area contributed by atoms with Crippen molar-refractivity contribution in [3.8, 4) is 0 Å². The second kappa shape index (κ2) is 6.30. The second-order valence-electron chi connectivity index (χ2n) is 4.05. The summed E-state index contributed by atoms with van der Waals surface area (Å²) in [6, 6.07) is 3.37. The molecule has 5 nitrogen and oxygen atoms in total. The van der Waals surface area contributed by atoms with E-state index in [1.165, 1.54) is 7.11 Å². The Hall–Kier alpha value is -1.69. The average molecular weight is 267 g/mol. The van der Waals surface area contributed by atoms with Crippen molar-refractivity contribution in [1.82, 2.24) is 4.98 Å². The minimum absolute atomic E-state index is 0.0394. The quantitative estimate of drug-likeness (QED) is 0.639. The number of nitrogens with two attached hydrogens (primary N) is 1. The summed E-state index contributed by atoms with van der Waals surface area (Å²) in [7, 11) is 3.18. The number of methoxy groups -OCH3 is 1. The van der Waals surface area contributed by atoms with Crippen LogP contribution in [0.5, 0.6) is 0 Å². The first-order chi connectivity index (χ1) is 8.47. The van der Waals surface area contributed by atoms with Gasteiger partial charge in [-0.1, -0.05) is 19.1 Å². The number of esters is 1. The van der Waals surface area contributed by atoms with Gasteiger partial charge < -0.3 is 15.4 Å². The molecule has 18 heavy (non-hydrogen) atoms. The van der Waals surface area contributed by atoms with Crippen LogP contribution >= 0.6 is 12.2 Å². The van der Waals surface area contributed by atoms with Gasteiger partial charge in [0, 0.05) is 25.7 Å². The average Bonchev–Trinajstić information content (AvgIpc) is 2.37. The lowest BCUT2D eigenvalue weighted by molar-refractivity contribution is 0.0601. The molecule has 0 aliphatic rings. The lowest BCUT2D eigenvalue weighted by atomic mass is 10.1. The van der Waals surface area contributed by atoms with Gasteiger partial charge in [0.1, 0.15) is 11.4 Å². The molecule has 0 aromatic carbocycles. The minimum Gasteiger partial charge on any atom is -0.465 e. The first kappa shape index (κ1) is 14.4. The first-order valence-electron chi connectivity index (χ1n) is 5.51. The van der Waals surface area contributed by atoms with Crippen LogP contribution in [0.2, 0.25) is 0 Å². The van der Waals surface area contributed by atoms with E-state index in [4.69, 9.17) is 22.7 Å². The summed E-state index contributed by atoms with van der Waals surface area (Å²) in [6.07, 6.45) is 1.63. The Bertz CT molecular complexity index is 451. The molecule has 0 bridgehead atoms. The third-order valence-electron chi connectivity index (χ3n) is 2.59. The van der Waals surface area contributed by atoms with Crippen molar-refractivity contribution >= 4 is 29.0 Å². The van der Waals surface area contributed by atoms with E-state index in [-0.39, 0.29) is 5.92 Å². The smallest absolute Gasteiger partial charge is 0.341 e. The lowest BCUT2D eigenvalue weighted by Gasteiger charge is -2.23. The zero-order valence-electron chi connectivity index (χ0n) is 10.7. The molecule has 1 aromatic heterocycles. The summed E-state index contributed by atoms with van der Waals surface area (Å²) in [5.41, 5.74) is 6.01. The fraction of sp³-hybridized carbons (Fsp3) is 0.417. The number of rotatable bonds is 5. The number of ether oxygens (including phenoxy) is 1. The van der Waals surface area contributed by atoms with E-state index in [1.807, 2.05) is 18.9 Å². The van der Waals surface area contributed by atoms with Crippen molar-refractivity contribution in [3.63, 3.8) is 0 Å². The van der Waals surface area contributed by atoms with E-state index >= 15 is 0 Å². The van der Waals surface area contributed by atoms with Crippen molar-refractivity contribution in [2.75, 3.05) is 25.6 Å². The third-order valence-corrected chi connectivity index (χ3v) is 2.99. The van der Waals surface area contributed by atoms with E-state index in [9.17, 15) is 4.79 Å². The fourth-order valence-electron chi connectivity index (χ4n) is 1.56. The monoisotopic (exact) mass is 267 g/mol. The molecule has 1 unspecified atom stereocenters. The number of thiocarbonyl (C=S) groups is 1. The first-order valence-corrected chi connectivity index (χ1v) is 5.92. The molecule has 0 saturated carbocycles. The number of pyridine rings is 1. The zero-order chi connectivity index (χ0) is 13.7. The molecule has 0 saturated heterocycles. The number of carbonyl (C=O) groups is 1. The molecule has 1 rings (SSSR count). The van der Waals surface area contributed by atoms with Crippen LogP contribution in [0.1, 0.15) is 17.3 Å². The van der Waals surface area contributed by atoms with E-state index in [2.05, 4.69) is 4.98 Å². The van der Waals surface area contributed by atoms with Gasteiger partial charge in [-0.2, -0.15) is 0 Å². The van der Waals surface area contributed by atoms with Crippen molar-refractivity contribution in [2.45, 2.75) is 6.92 Å². The Morgan fingerprint density at radius 1 is 1.67 bits per heavy atom. The molecule has 0 aliphatic carbocycles. The topological polar surface area (TPSA) is 68.5 Å². The van der Waals surface area contributed by atoms with Gasteiger partial charge in [0.15, 0.2) is 0 Å². The van der Waals surface area contributed by atoms with Crippen molar-refractivity contribution in [3.05, 3.63) is 23.9 Å². The molecule has 0 radical (unpaired) electrons. The van der Waals surface area contributed by atoms with Crippen LogP contribution in [-0.4, -0.2) is 36.6 Å². The predicted molar refractivity (Wildman–Crippen MR) is 74.8 cm³/mol. The molecule has 1 aromatic rings. The number of aromatic nitrogens is 1. The van der Waals surface area contributed by atoms with Crippen LogP contribution < -0.4 is 10.6 Å². The summed E-state index contributed by atoms with van der Waals surface area (Å²) >= 11 is 4.93. The van der Waals surface area contributed by atoms with Crippen LogP contribution in [0.15, 0.2) is 18.3 Å². The number of hydrogen-bond donors (Lipinski definition) is 1. The Balaban J connectivity index is 2.95. The fourth-order valence-corrected chi connectivity index (χ4v) is 1.63. The maximum atomic E-state index is 11.6. The SMILES string of the molecule is COC(=O)c1cccnc1N(C)CC(C)C(N)=S. The molecular formula is C12H17N3O2S.